The lowest BCUT2D eigenvalue weighted by Gasteiger charge is -2.16. The van der Waals surface area contributed by atoms with Gasteiger partial charge >= 0.3 is 0 Å². The highest BCUT2D eigenvalue weighted by molar-refractivity contribution is 6.00. The van der Waals surface area contributed by atoms with Gasteiger partial charge in [0.1, 0.15) is 0 Å². The molecule has 0 heterocycles. The molecular formula is C20H24N2O2. The summed E-state index contributed by atoms with van der Waals surface area (Å²) >= 11 is 0. The van der Waals surface area contributed by atoms with Crippen LogP contribution in [0.15, 0.2) is 42.5 Å². The molecule has 0 radical (unpaired) electrons. The maximum absolute atomic E-state index is 12.2. The summed E-state index contributed by atoms with van der Waals surface area (Å²) in [6.45, 7) is 7.96. The SMILES string of the molecule is Cc1ccccc1C(=O)NCC(=O)Nc1c(C)cccc1C(C)C. The van der Waals surface area contributed by atoms with Crippen molar-refractivity contribution in [2.45, 2.75) is 33.6 Å². The fourth-order valence-electron chi connectivity index (χ4n) is 2.61. The molecule has 0 atom stereocenters. The van der Waals surface area contributed by atoms with E-state index in [4.69, 9.17) is 0 Å². The number of anilines is 1. The van der Waals surface area contributed by atoms with Crippen molar-refractivity contribution in [3.05, 3.63) is 64.7 Å². The molecule has 0 saturated heterocycles. The van der Waals surface area contributed by atoms with Gasteiger partial charge in [-0.25, -0.2) is 0 Å². The highest BCUT2D eigenvalue weighted by Gasteiger charge is 2.14. The molecule has 0 saturated carbocycles. The topological polar surface area (TPSA) is 58.2 Å². The van der Waals surface area contributed by atoms with E-state index >= 15 is 0 Å². The van der Waals surface area contributed by atoms with Gasteiger partial charge in [-0.15, -0.1) is 0 Å². The zero-order valence-electron chi connectivity index (χ0n) is 14.6. The van der Waals surface area contributed by atoms with E-state index in [-0.39, 0.29) is 18.4 Å². The van der Waals surface area contributed by atoms with Crippen LogP contribution in [-0.4, -0.2) is 18.4 Å². The van der Waals surface area contributed by atoms with Crippen LogP contribution >= 0.6 is 0 Å². The molecule has 0 unspecified atom stereocenters. The Morgan fingerprint density at radius 2 is 1.62 bits per heavy atom. The molecule has 2 amide bonds. The van der Waals surface area contributed by atoms with E-state index in [1.807, 2.05) is 50.2 Å². The number of nitrogens with one attached hydrogen (secondary N) is 2. The lowest BCUT2D eigenvalue weighted by Crippen LogP contribution is -2.33. The van der Waals surface area contributed by atoms with Crippen molar-refractivity contribution in [1.82, 2.24) is 5.32 Å². The number of hydrogen-bond donors (Lipinski definition) is 2. The molecule has 0 aromatic heterocycles. The highest BCUT2D eigenvalue weighted by atomic mass is 16.2. The van der Waals surface area contributed by atoms with E-state index in [1.165, 1.54) is 0 Å². The number of carbonyl (C=O) groups is 2. The van der Waals surface area contributed by atoms with Gasteiger partial charge in [0, 0.05) is 11.3 Å². The van der Waals surface area contributed by atoms with Gasteiger partial charge in [-0.2, -0.15) is 0 Å². The maximum atomic E-state index is 12.2. The lowest BCUT2D eigenvalue weighted by molar-refractivity contribution is -0.115. The number of carbonyl (C=O) groups excluding carboxylic acids is 2. The zero-order valence-corrected chi connectivity index (χ0v) is 14.6. The van der Waals surface area contributed by atoms with Crippen molar-refractivity contribution in [2.75, 3.05) is 11.9 Å². The predicted molar refractivity (Wildman–Crippen MR) is 97.4 cm³/mol. The maximum Gasteiger partial charge on any atom is 0.251 e. The van der Waals surface area contributed by atoms with Gasteiger partial charge in [-0.05, 0) is 42.5 Å². The third-order valence-electron chi connectivity index (χ3n) is 3.99. The van der Waals surface area contributed by atoms with Crippen LogP contribution in [0.25, 0.3) is 0 Å². The number of rotatable bonds is 5. The average Bonchev–Trinajstić information content (AvgIpc) is 2.54. The minimum Gasteiger partial charge on any atom is -0.343 e. The van der Waals surface area contributed by atoms with Crippen LogP contribution in [0.3, 0.4) is 0 Å². The molecule has 0 aliphatic heterocycles. The monoisotopic (exact) mass is 324 g/mol. The lowest BCUT2D eigenvalue weighted by atomic mass is 9.98. The molecule has 24 heavy (non-hydrogen) atoms. The molecule has 4 heteroatoms. The molecule has 0 fully saturated rings. The van der Waals surface area contributed by atoms with Gasteiger partial charge in [0.25, 0.3) is 5.91 Å². The van der Waals surface area contributed by atoms with E-state index < -0.39 is 0 Å². The molecule has 2 rings (SSSR count). The van der Waals surface area contributed by atoms with Gasteiger partial charge in [0.15, 0.2) is 0 Å². The van der Waals surface area contributed by atoms with Crippen LogP contribution in [0.2, 0.25) is 0 Å². The van der Waals surface area contributed by atoms with Gasteiger partial charge in [0.2, 0.25) is 5.91 Å². The Balaban J connectivity index is 2.02. The summed E-state index contributed by atoms with van der Waals surface area (Å²) < 4.78 is 0. The first-order valence-electron chi connectivity index (χ1n) is 8.13. The van der Waals surface area contributed by atoms with Crippen molar-refractivity contribution in [1.29, 1.82) is 0 Å². The first-order chi connectivity index (χ1) is 11.4. The van der Waals surface area contributed by atoms with Crippen LogP contribution < -0.4 is 10.6 Å². The molecular weight excluding hydrogens is 300 g/mol. The fourth-order valence-corrected chi connectivity index (χ4v) is 2.61. The molecule has 4 nitrogen and oxygen atoms in total. The Kier molecular flexibility index (Phi) is 5.74. The number of benzene rings is 2. The van der Waals surface area contributed by atoms with Gasteiger partial charge < -0.3 is 10.6 Å². The third-order valence-corrected chi connectivity index (χ3v) is 3.99. The molecule has 126 valence electrons. The van der Waals surface area contributed by atoms with E-state index in [0.717, 1.165) is 22.4 Å². The number of aryl methyl sites for hydroxylation is 2. The van der Waals surface area contributed by atoms with Crippen molar-refractivity contribution < 1.29 is 9.59 Å². The summed E-state index contributed by atoms with van der Waals surface area (Å²) in [4.78, 5) is 24.4. The molecule has 2 aromatic carbocycles. The minimum atomic E-state index is -0.239. The molecule has 2 N–H and O–H groups in total. The van der Waals surface area contributed by atoms with E-state index in [0.29, 0.717) is 11.5 Å². The summed E-state index contributed by atoms with van der Waals surface area (Å²) in [5.74, 6) is -0.160. The second-order valence-corrected chi connectivity index (χ2v) is 6.24. The summed E-state index contributed by atoms with van der Waals surface area (Å²) in [7, 11) is 0. The smallest absolute Gasteiger partial charge is 0.251 e. The quantitative estimate of drug-likeness (QED) is 0.879. The van der Waals surface area contributed by atoms with Crippen molar-refractivity contribution in [3.63, 3.8) is 0 Å². The van der Waals surface area contributed by atoms with Crippen molar-refractivity contribution in [2.24, 2.45) is 0 Å². The summed E-state index contributed by atoms with van der Waals surface area (Å²) in [6, 6.07) is 13.3. The Bertz CT molecular complexity index is 751. The van der Waals surface area contributed by atoms with Crippen molar-refractivity contribution >= 4 is 17.5 Å². The predicted octanol–water partition coefficient (Wildman–Crippen LogP) is 3.80. The number of amides is 2. The van der Waals surface area contributed by atoms with Crippen LogP contribution in [-0.2, 0) is 4.79 Å². The number of hydrogen-bond acceptors (Lipinski definition) is 2. The molecule has 0 bridgehead atoms. The molecule has 0 spiro atoms. The number of para-hydroxylation sites is 1. The molecule has 2 aromatic rings. The highest BCUT2D eigenvalue weighted by Crippen LogP contribution is 2.27. The zero-order chi connectivity index (χ0) is 17.7. The van der Waals surface area contributed by atoms with Crippen LogP contribution in [0.4, 0.5) is 5.69 Å². The largest absolute Gasteiger partial charge is 0.343 e. The second kappa shape index (κ2) is 7.77. The fraction of sp³-hybridized carbons (Fsp3) is 0.300. The normalized spacial score (nSPS) is 10.5. The van der Waals surface area contributed by atoms with Gasteiger partial charge in [-0.1, -0.05) is 50.2 Å². The Labute approximate surface area is 143 Å². The van der Waals surface area contributed by atoms with E-state index in [9.17, 15) is 9.59 Å². The summed E-state index contributed by atoms with van der Waals surface area (Å²) in [5.41, 5.74) is 4.41. The van der Waals surface area contributed by atoms with E-state index in [2.05, 4.69) is 24.5 Å². The van der Waals surface area contributed by atoms with Gasteiger partial charge in [-0.3, -0.25) is 9.59 Å². The standard InChI is InChI=1S/C20H24N2O2/c1-13(2)16-11-7-9-15(4)19(16)22-18(23)12-21-20(24)17-10-6-5-8-14(17)3/h5-11,13H,12H2,1-4H3,(H,21,24)(H,22,23). The Morgan fingerprint density at radius 3 is 2.29 bits per heavy atom. The van der Waals surface area contributed by atoms with Gasteiger partial charge in [0.05, 0.1) is 6.54 Å². The van der Waals surface area contributed by atoms with Crippen LogP contribution in [0.5, 0.6) is 0 Å². The van der Waals surface area contributed by atoms with Crippen molar-refractivity contribution in [3.8, 4) is 0 Å². The third kappa shape index (κ3) is 4.22. The summed E-state index contributed by atoms with van der Waals surface area (Å²) in [5, 5.41) is 5.60. The second-order valence-electron chi connectivity index (χ2n) is 6.24. The van der Waals surface area contributed by atoms with Crippen LogP contribution in [0.1, 0.15) is 46.8 Å². The Hall–Kier alpha value is -2.62. The molecule has 0 aliphatic rings. The first kappa shape index (κ1) is 17.7. The Morgan fingerprint density at radius 1 is 0.958 bits per heavy atom. The van der Waals surface area contributed by atoms with E-state index in [1.54, 1.807) is 6.07 Å². The average molecular weight is 324 g/mol. The molecule has 0 aliphatic carbocycles. The first-order valence-corrected chi connectivity index (χ1v) is 8.13. The summed E-state index contributed by atoms with van der Waals surface area (Å²) in [6.07, 6.45) is 0. The van der Waals surface area contributed by atoms with Crippen LogP contribution in [0, 0.1) is 13.8 Å². The minimum absolute atomic E-state index is 0.0565.